The van der Waals surface area contributed by atoms with E-state index in [4.69, 9.17) is 16.3 Å². The molecule has 162 valence electrons. The number of ether oxygens (including phenoxy) is 1. The van der Waals surface area contributed by atoms with E-state index in [-0.39, 0.29) is 6.03 Å². The SMILES string of the molecule is Cc1cc(C)n(-c2cc(Oc3ccc(NC(=O)Nc4ccc(Cl)cc4)cc3)nc(C)n2)n1. The van der Waals surface area contributed by atoms with Crippen LogP contribution < -0.4 is 15.4 Å². The van der Waals surface area contributed by atoms with Gasteiger partial charge in [0, 0.05) is 28.2 Å². The number of benzene rings is 2. The van der Waals surface area contributed by atoms with Gasteiger partial charge in [-0.3, -0.25) is 0 Å². The van der Waals surface area contributed by atoms with E-state index >= 15 is 0 Å². The Morgan fingerprint density at radius 1 is 0.906 bits per heavy atom. The molecule has 0 aliphatic carbocycles. The molecule has 2 aromatic heterocycles. The van der Waals surface area contributed by atoms with Crippen molar-refractivity contribution in [2.24, 2.45) is 0 Å². The van der Waals surface area contributed by atoms with Gasteiger partial charge in [0.25, 0.3) is 0 Å². The summed E-state index contributed by atoms with van der Waals surface area (Å²) < 4.78 is 7.65. The van der Waals surface area contributed by atoms with Gasteiger partial charge in [0.2, 0.25) is 5.88 Å². The summed E-state index contributed by atoms with van der Waals surface area (Å²) in [5.41, 5.74) is 3.14. The maximum Gasteiger partial charge on any atom is 0.323 e. The van der Waals surface area contributed by atoms with Gasteiger partial charge in [0.15, 0.2) is 5.82 Å². The van der Waals surface area contributed by atoms with Gasteiger partial charge in [-0.25, -0.2) is 14.5 Å². The lowest BCUT2D eigenvalue weighted by Crippen LogP contribution is -2.19. The molecular weight excluding hydrogens is 428 g/mol. The average molecular weight is 449 g/mol. The number of nitrogens with one attached hydrogen (secondary N) is 2. The number of nitrogens with zero attached hydrogens (tertiary/aromatic N) is 4. The summed E-state index contributed by atoms with van der Waals surface area (Å²) in [4.78, 5) is 21.0. The highest BCUT2D eigenvalue weighted by atomic mass is 35.5. The molecule has 0 saturated heterocycles. The van der Waals surface area contributed by atoms with E-state index in [1.807, 2.05) is 19.9 Å². The maximum atomic E-state index is 12.2. The number of carbonyl (C=O) groups excluding carboxylic acids is 1. The number of halogens is 1. The second kappa shape index (κ2) is 9.07. The Kier molecular flexibility index (Phi) is 6.04. The molecule has 0 fully saturated rings. The fraction of sp³-hybridized carbons (Fsp3) is 0.130. The summed E-state index contributed by atoms with van der Waals surface area (Å²) >= 11 is 5.85. The van der Waals surface area contributed by atoms with E-state index in [9.17, 15) is 4.79 Å². The van der Waals surface area contributed by atoms with Crippen LogP contribution in [0.5, 0.6) is 11.6 Å². The van der Waals surface area contributed by atoms with Crippen LogP contribution in [-0.4, -0.2) is 25.8 Å². The van der Waals surface area contributed by atoms with E-state index < -0.39 is 0 Å². The molecule has 0 spiro atoms. The summed E-state index contributed by atoms with van der Waals surface area (Å²) in [7, 11) is 0. The van der Waals surface area contributed by atoms with Gasteiger partial charge in [0.05, 0.1) is 5.69 Å². The van der Waals surface area contributed by atoms with Crippen LogP contribution in [0.1, 0.15) is 17.2 Å². The van der Waals surface area contributed by atoms with Crippen molar-refractivity contribution in [1.82, 2.24) is 19.7 Å². The fourth-order valence-electron chi connectivity index (χ4n) is 3.10. The zero-order chi connectivity index (χ0) is 22.7. The minimum atomic E-state index is -0.359. The summed E-state index contributed by atoms with van der Waals surface area (Å²) in [5, 5.41) is 10.6. The van der Waals surface area contributed by atoms with Crippen LogP contribution in [0.15, 0.2) is 60.7 Å². The Labute approximate surface area is 190 Å². The number of aromatic nitrogens is 4. The molecule has 0 atom stereocenters. The quantitative estimate of drug-likeness (QED) is 0.409. The molecule has 9 heteroatoms. The van der Waals surface area contributed by atoms with E-state index in [0.29, 0.717) is 39.7 Å². The molecule has 8 nitrogen and oxygen atoms in total. The van der Waals surface area contributed by atoms with Gasteiger partial charge in [-0.05, 0) is 75.4 Å². The number of aryl methyl sites for hydroxylation is 3. The lowest BCUT2D eigenvalue weighted by molar-refractivity contribution is 0.262. The highest BCUT2D eigenvalue weighted by Gasteiger charge is 2.10. The molecule has 2 heterocycles. The van der Waals surface area contributed by atoms with E-state index in [1.165, 1.54) is 0 Å². The number of hydrogen-bond donors (Lipinski definition) is 2. The first-order chi connectivity index (χ1) is 15.4. The Hall–Kier alpha value is -3.91. The Morgan fingerprint density at radius 3 is 2.12 bits per heavy atom. The zero-order valence-corrected chi connectivity index (χ0v) is 18.5. The van der Waals surface area contributed by atoms with Gasteiger partial charge in [-0.2, -0.15) is 10.1 Å². The summed E-state index contributed by atoms with van der Waals surface area (Å²) in [6.07, 6.45) is 0. The summed E-state index contributed by atoms with van der Waals surface area (Å²) in [6.45, 7) is 5.70. The molecule has 4 rings (SSSR count). The van der Waals surface area contributed by atoms with E-state index in [1.54, 1.807) is 66.2 Å². The predicted molar refractivity (Wildman–Crippen MR) is 124 cm³/mol. The second-order valence-corrected chi connectivity index (χ2v) is 7.60. The summed E-state index contributed by atoms with van der Waals surface area (Å²) in [5.74, 6) is 2.18. The minimum absolute atomic E-state index is 0.359. The van der Waals surface area contributed by atoms with Crippen LogP contribution in [0.3, 0.4) is 0 Å². The zero-order valence-electron chi connectivity index (χ0n) is 17.8. The van der Waals surface area contributed by atoms with Crippen LogP contribution in [0.25, 0.3) is 5.82 Å². The van der Waals surface area contributed by atoms with Crippen LogP contribution in [-0.2, 0) is 0 Å². The molecule has 4 aromatic rings. The first kappa shape index (κ1) is 21.3. The van der Waals surface area contributed by atoms with Crippen LogP contribution in [0.4, 0.5) is 16.2 Å². The summed E-state index contributed by atoms with van der Waals surface area (Å²) in [6, 6.07) is 17.2. The number of hydrogen-bond acceptors (Lipinski definition) is 5. The van der Waals surface area contributed by atoms with Crippen molar-refractivity contribution in [3.05, 3.63) is 82.9 Å². The molecular formula is C23H21ClN6O2. The number of anilines is 2. The number of rotatable bonds is 5. The van der Waals surface area contributed by atoms with Gasteiger partial charge in [-0.1, -0.05) is 11.6 Å². The van der Waals surface area contributed by atoms with Gasteiger partial charge >= 0.3 is 6.03 Å². The molecule has 2 aromatic carbocycles. The normalized spacial score (nSPS) is 10.6. The van der Waals surface area contributed by atoms with Crippen molar-refractivity contribution in [1.29, 1.82) is 0 Å². The van der Waals surface area contributed by atoms with Crippen molar-refractivity contribution in [3.63, 3.8) is 0 Å². The average Bonchev–Trinajstić information content (AvgIpc) is 3.09. The van der Waals surface area contributed by atoms with Gasteiger partial charge in [0.1, 0.15) is 11.6 Å². The van der Waals surface area contributed by atoms with Crippen molar-refractivity contribution in [2.45, 2.75) is 20.8 Å². The minimum Gasteiger partial charge on any atom is -0.439 e. The molecule has 0 aliphatic rings. The molecule has 2 amide bonds. The second-order valence-electron chi connectivity index (χ2n) is 7.16. The van der Waals surface area contributed by atoms with Crippen LogP contribution in [0.2, 0.25) is 5.02 Å². The monoisotopic (exact) mass is 448 g/mol. The van der Waals surface area contributed by atoms with Crippen molar-refractivity contribution in [2.75, 3.05) is 10.6 Å². The van der Waals surface area contributed by atoms with Gasteiger partial charge < -0.3 is 15.4 Å². The third-order valence-corrected chi connectivity index (χ3v) is 4.72. The largest absolute Gasteiger partial charge is 0.439 e. The molecule has 32 heavy (non-hydrogen) atoms. The van der Waals surface area contributed by atoms with E-state index in [0.717, 1.165) is 11.4 Å². The molecule has 0 aliphatic heterocycles. The smallest absolute Gasteiger partial charge is 0.323 e. The van der Waals surface area contributed by atoms with Crippen molar-refractivity contribution in [3.8, 4) is 17.4 Å². The number of carbonyl (C=O) groups is 1. The molecule has 0 bridgehead atoms. The van der Waals surface area contributed by atoms with Crippen molar-refractivity contribution < 1.29 is 9.53 Å². The lowest BCUT2D eigenvalue weighted by Gasteiger charge is -2.10. The molecule has 0 unspecified atom stereocenters. The number of urea groups is 1. The molecule has 0 radical (unpaired) electrons. The van der Waals surface area contributed by atoms with Crippen LogP contribution >= 0.6 is 11.6 Å². The highest BCUT2D eigenvalue weighted by molar-refractivity contribution is 6.30. The van der Waals surface area contributed by atoms with Gasteiger partial charge in [-0.15, -0.1) is 0 Å². The Morgan fingerprint density at radius 2 is 1.53 bits per heavy atom. The third-order valence-electron chi connectivity index (χ3n) is 4.46. The van der Waals surface area contributed by atoms with Crippen LogP contribution in [0, 0.1) is 20.8 Å². The molecule has 0 saturated carbocycles. The van der Waals surface area contributed by atoms with Crippen molar-refractivity contribution >= 4 is 29.0 Å². The standard InChI is InChI=1S/C23H21ClN6O2/c1-14-12-15(2)30(29-14)21-13-22(26-16(3)25-21)32-20-10-8-19(9-11-20)28-23(31)27-18-6-4-17(24)5-7-18/h4-13H,1-3H3,(H2,27,28,31). The topological polar surface area (TPSA) is 94.0 Å². The lowest BCUT2D eigenvalue weighted by atomic mass is 10.3. The van der Waals surface area contributed by atoms with E-state index in [2.05, 4.69) is 25.7 Å². The molecule has 2 N–H and O–H groups in total. The fourth-order valence-corrected chi connectivity index (χ4v) is 3.23. The first-order valence-electron chi connectivity index (χ1n) is 9.86. The maximum absolute atomic E-state index is 12.2. The first-order valence-corrected chi connectivity index (χ1v) is 10.2. The predicted octanol–water partition coefficient (Wildman–Crippen LogP) is 5.68. The highest BCUT2D eigenvalue weighted by Crippen LogP contribution is 2.24. The third kappa shape index (κ3) is 5.22. The Balaban J connectivity index is 1.43. The Bertz CT molecular complexity index is 1250. The number of amides is 2.